The molecule has 3 aromatic carbocycles. The minimum atomic E-state index is 0.0677. The van der Waals surface area contributed by atoms with E-state index in [1.54, 1.807) is 0 Å². The highest BCUT2D eigenvalue weighted by Crippen LogP contribution is 2.34. The van der Waals surface area contributed by atoms with Crippen LogP contribution >= 0.6 is 0 Å². The Morgan fingerprint density at radius 1 is 0.727 bits per heavy atom. The van der Waals surface area contributed by atoms with Gasteiger partial charge < -0.3 is 0 Å². The fraction of sp³-hybridized carbons (Fsp3) is 0.0500. The van der Waals surface area contributed by atoms with Gasteiger partial charge in [-0.2, -0.15) is 0 Å². The largest absolute Gasteiger partial charge is 0.275 e. The summed E-state index contributed by atoms with van der Waals surface area (Å²) >= 11 is 0. The summed E-state index contributed by atoms with van der Waals surface area (Å²) in [7, 11) is 0. The minimum absolute atomic E-state index is 0.0677. The van der Waals surface area contributed by atoms with Crippen molar-refractivity contribution in [3.8, 4) is 0 Å². The minimum Gasteiger partial charge on any atom is -0.275 e. The van der Waals surface area contributed by atoms with Gasteiger partial charge in [0.1, 0.15) is 0 Å². The van der Waals surface area contributed by atoms with E-state index in [0.29, 0.717) is 0 Å². The summed E-state index contributed by atoms with van der Waals surface area (Å²) in [5.74, 6) is 0. The maximum atomic E-state index is 13.0. The first-order chi connectivity index (χ1) is 10.8. The van der Waals surface area contributed by atoms with Crippen LogP contribution < -0.4 is 5.56 Å². The highest BCUT2D eigenvalue weighted by molar-refractivity contribution is 6.20. The molecular formula is C20H13NO. The number of para-hydroxylation sites is 1. The molecule has 0 spiro atoms. The van der Waals surface area contributed by atoms with Gasteiger partial charge in [-0.1, -0.05) is 48.0 Å². The number of hydrogen-bond donors (Lipinski definition) is 0. The third kappa shape index (κ3) is 1.27. The zero-order valence-electron chi connectivity index (χ0n) is 12.1. The number of pyridine rings is 1. The first-order valence-corrected chi connectivity index (χ1v) is 7.43. The molecule has 0 aliphatic heterocycles. The molecule has 0 saturated carbocycles. The standard InChI is InChI=1S/C20H13NO/c1-12-9-10-18-17(11-12)15-8-4-7-14-13-5-2-3-6-16(13)20(22)21(18)19(14)15/h2-11H,1H3. The average molecular weight is 283 g/mol. The maximum Gasteiger partial charge on any atom is 0.263 e. The first kappa shape index (κ1) is 11.8. The van der Waals surface area contributed by atoms with Gasteiger partial charge in [0.15, 0.2) is 0 Å². The fourth-order valence-corrected chi connectivity index (χ4v) is 3.64. The molecule has 2 aromatic heterocycles. The van der Waals surface area contributed by atoms with E-state index in [0.717, 1.165) is 38.0 Å². The molecule has 0 aliphatic carbocycles. The van der Waals surface area contributed by atoms with Crippen molar-refractivity contribution in [2.75, 3.05) is 0 Å². The predicted octanol–water partition coefficient (Wildman–Crippen LogP) is 4.51. The molecule has 0 atom stereocenters. The summed E-state index contributed by atoms with van der Waals surface area (Å²) < 4.78 is 1.88. The number of aryl methyl sites for hydroxylation is 1. The summed E-state index contributed by atoms with van der Waals surface area (Å²) in [6.45, 7) is 2.09. The number of fused-ring (bicyclic) bond motifs is 5. The van der Waals surface area contributed by atoms with E-state index in [4.69, 9.17) is 0 Å². The highest BCUT2D eigenvalue weighted by Gasteiger charge is 2.16. The highest BCUT2D eigenvalue weighted by atomic mass is 16.1. The number of aromatic nitrogens is 1. The smallest absolute Gasteiger partial charge is 0.263 e. The van der Waals surface area contributed by atoms with Crippen LogP contribution in [0, 0.1) is 6.92 Å². The number of rotatable bonds is 0. The predicted molar refractivity (Wildman–Crippen MR) is 92.1 cm³/mol. The second-order valence-electron chi connectivity index (χ2n) is 5.91. The van der Waals surface area contributed by atoms with Crippen LogP contribution in [0.5, 0.6) is 0 Å². The summed E-state index contributed by atoms with van der Waals surface area (Å²) in [4.78, 5) is 13.0. The Kier molecular flexibility index (Phi) is 2.06. The molecule has 2 heteroatoms. The van der Waals surface area contributed by atoms with Crippen LogP contribution in [0.3, 0.4) is 0 Å². The van der Waals surface area contributed by atoms with E-state index in [1.165, 1.54) is 5.56 Å². The van der Waals surface area contributed by atoms with Crippen molar-refractivity contribution in [1.82, 2.24) is 4.40 Å². The lowest BCUT2D eigenvalue weighted by Crippen LogP contribution is -2.12. The molecule has 0 N–H and O–H groups in total. The molecule has 0 amide bonds. The van der Waals surface area contributed by atoms with Gasteiger partial charge >= 0.3 is 0 Å². The molecule has 22 heavy (non-hydrogen) atoms. The summed E-state index contributed by atoms with van der Waals surface area (Å²) in [6, 6.07) is 20.5. The van der Waals surface area contributed by atoms with Gasteiger partial charge in [-0.05, 0) is 30.5 Å². The summed E-state index contributed by atoms with van der Waals surface area (Å²) in [5, 5.41) is 5.25. The van der Waals surface area contributed by atoms with Crippen LogP contribution in [-0.4, -0.2) is 4.40 Å². The molecule has 5 rings (SSSR count). The maximum absolute atomic E-state index is 13.0. The molecule has 2 heterocycles. The van der Waals surface area contributed by atoms with E-state index in [9.17, 15) is 4.79 Å². The summed E-state index contributed by atoms with van der Waals surface area (Å²) in [5.41, 5.74) is 3.30. The van der Waals surface area contributed by atoms with Crippen LogP contribution in [-0.2, 0) is 0 Å². The second-order valence-corrected chi connectivity index (χ2v) is 5.91. The zero-order valence-corrected chi connectivity index (χ0v) is 12.1. The van der Waals surface area contributed by atoms with Gasteiger partial charge in [-0.15, -0.1) is 0 Å². The van der Waals surface area contributed by atoms with Crippen molar-refractivity contribution >= 4 is 38.0 Å². The van der Waals surface area contributed by atoms with E-state index in [-0.39, 0.29) is 5.56 Å². The Hall–Kier alpha value is -2.87. The van der Waals surface area contributed by atoms with Crippen LogP contribution in [0.25, 0.3) is 38.0 Å². The van der Waals surface area contributed by atoms with Crippen LogP contribution in [0.4, 0.5) is 0 Å². The van der Waals surface area contributed by atoms with Crippen LogP contribution in [0.2, 0.25) is 0 Å². The van der Waals surface area contributed by atoms with Crippen molar-refractivity contribution in [1.29, 1.82) is 0 Å². The molecule has 0 fully saturated rings. The van der Waals surface area contributed by atoms with Crippen LogP contribution in [0.15, 0.2) is 65.5 Å². The third-order valence-electron chi connectivity index (χ3n) is 4.59. The molecule has 0 unspecified atom stereocenters. The van der Waals surface area contributed by atoms with E-state index >= 15 is 0 Å². The van der Waals surface area contributed by atoms with Crippen LogP contribution in [0.1, 0.15) is 5.56 Å². The lowest BCUT2D eigenvalue weighted by atomic mass is 10.0. The Bertz CT molecular complexity index is 1250. The van der Waals surface area contributed by atoms with Crippen molar-refractivity contribution in [3.63, 3.8) is 0 Å². The molecule has 0 bridgehead atoms. The quantitative estimate of drug-likeness (QED) is 0.383. The normalized spacial score (nSPS) is 12.0. The number of benzene rings is 3. The van der Waals surface area contributed by atoms with Gasteiger partial charge in [0.25, 0.3) is 5.56 Å². The Morgan fingerprint density at radius 2 is 1.41 bits per heavy atom. The third-order valence-corrected chi connectivity index (χ3v) is 4.59. The average Bonchev–Trinajstić information content (AvgIpc) is 2.88. The van der Waals surface area contributed by atoms with Gasteiger partial charge in [-0.25, -0.2) is 0 Å². The molecule has 104 valence electrons. The van der Waals surface area contributed by atoms with E-state index in [1.807, 2.05) is 28.7 Å². The molecular weight excluding hydrogens is 270 g/mol. The number of hydrogen-bond acceptors (Lipinski definition) is 1. The lowest BCUT2D eigenvalue weighted by Gasteiger charge is -2.05. The molecule has 0 aliphatic rings. The Labute approximate surface area is 126 Å². The van der Waals surface area contributed by atoms with Gasteiger partial charge in [-0.3, -0.25) is 9.20 Å². The monoisotopic (exact) mass is 283 g/mol. The fourth-order valence-electron chi connectivity index (χ4n) is 3.64. The van der Waals surface area contributed by atoms with Gasteiger partial charge in [0.05, 0.1) is 11.0 Å². The molecule has 0 saturated heterocycles. The van der Waals surface area contributed by atoms with Crippen molar-refractivity contribution < 1.29 is 0 Å². The Balaban J connectivity index is 2.29. The second kappa shape index (κ2) is 3.86. The molecule has 0 radical (unpaired) electrons. The topological polar surface area (TPSA) is 21.5 Å². The molecule has 2 nitrogen and oxygen atoms in total. The molecule has 5 aromatic rings. The van der Waals surface area contributed by atoms with E-state index < -0.39 is 0 Å². The zero-order chi connectivity index (χ0) is 14.8. The first-order valence-electron chi connectivity index (χ1n) is 7.43. The van der Waals surface area contributed by atoms with E-state index in [2.05, 4.69) is 43.3 Å². The van der Waals surface area contributed by atoms with Crippen molar-refractivity contribution in [3.05, 3.63) is 76.6 Å². The SMILES string of the molecule is Cc1ccc2c(c1)c1cccc3c4ccccc4c(=O)n2c31. The van der Waals surface area contributed by atoms with Crippen molar-refractivity contribution in [2.45, 2.75) is 6.92 Å². The van der Waals surface area contributed by atoms with Gasteiger partial charge in [0.2, 0.25) is 0 Å². The van der Waals surface area contributed by atoms with Gasteiger partial charge in [0, 0.05) is 21.5 Å². The summed E-state index contributed by atoms with van der Waals surface area (Å²) in [6.07, 6.45) is 0. The number of nitrogens with zero attached hydrogens (tertiary/aromatic N) is 1. The lowest BCUT2D eigenvalue weighted by molar-refractivity contribution is 1.21. The van der Waals surface area contributed by atoms with Crippen molar-refractivity contribution in [2.24, 2.45) is 0 Å². The Morgan fingerprint density at radius 3 is 2.23 bits per heavy atom.